The van der Waals surface area contributed by atoms with Crippen LogP contribution in [0.3, 0.4) is 0 Å². The van der Waals surface area contributed by atoms with Gasteiger partial charge in [-0.1, -0.05) is 4.21 Å². The van der Waals surface area contributed by atoms with Crippen molar-refractivity contribution in [2.24, 2.45) is 0 Å². The summed E-state index contributed by atoms with van der Waals surface area (Å²) in [7, 11) is -3.14. The van der Waals surface area contributed by atoms with Crippen LogP contribution in [0.2, 0.25) is 0 Å². The van der Waals surface area contributed by atoms with Gasteiger partial charge in [-0.05, 0) is 39.0 Å². The van der Waals surface area contributed by atoms with Gasteiger partial charge in [0.25, 0.3) is 0 Å². The van der Waals surface area contributed by atoms with E-state index >= 15 is 0 Å². The van der Waals surface area contributed by atoms with Crippen LogP contribution in [0.1, 0.15) is 26.5 Å². The highest BCUT2D eigenvalue weighted by molar-refractivity contribution is 7.97. The molecule has 0 radical (unpaired) electrons. The van der Waals surface area contributed by atoms with Gasteiger partial charge in [0.05, 0.1) is 36.6 Å². The molecule has 4 rings (SSSR count). The van der Waals surface area contributed by atoms with Gasteiger partial charge < -0.3 is 14.6 Å². The Bertz CT molecular complexity index is 1090. The molecule has 29 heavy (non-hydrogen) atoms. The minimum atomic E-state index is -3.14. The molecule has 1 unspecified atom stereocenters. The first-order valence-electron chi connectivity index (χ1n) is 9.55. The first-order chi connectivity index (χ1) is 13.7. The smallest absolute Gasteiger partial charge is 0.222 e. The summed E-state index contributed by atoms with van der Waals surface area (Å²) in [5.74, 6) is 1.26. The Hall–Kier alpha value is -2.36. The monoisotopic (exact) mass is 416 g/mol. The molecule has 2 atom stereocenters. The van der Waals surface area contributed by atoms with E-state index in [9.17, 15) is 8.76 Å². The first-order valence-corrected chi connectivity index (χ1v) is 11.5. The van der Waals surface area contributed by atoms with Crippen LogP contribution in [0.25, 0.3) is 22.4 Å². The molecule has 1 aromatic carbocycles. The Morgan fingerprint density at radius 3 is 2.83 bits per heavy atom. The number of nitrogens with zero attached hydrogens (tertiary/aromatic N) is 4. The fourth-order valence-electron chi connectivity index (χ4n) is 3.36. The molecule has 2 N–H and O–H groups in total. The number of aromatic nitrogens is 4. The van der Waals surface area contributed by atoms with Gasteiger partial charge in [-0.2, -0.15) is 4.55 Å². The summed E-state index contributed by atoms with van der Waals surface area (Å²) in [4.78, 5) is 19.0. The number of aromatic amines is 1. The number of H-pyrrole nitrogens is 1. The van der Waals surface area contributed by atoms with Crippen molar-refractivity contribution < 1.29 is 13.5 Å². The van der Waals surface area contributed by atoms with E-state index in [0.717, 1.165) is 22.4 Å². The van der Waals surface area contributed by atoms with Crippen molar-refractivity contribution in [2.75, 3.05) is 30.9 Å². The van der Waals surface area contributed by atoms with Crippen LogP contribution in [-0.4, -0.2) is 56.5 Å². The fraction of sp³-hybridized carbons (Fsp3) is 0.450. The van der Waals surface area contributed by atoms with E-state index in [1.165, 1.54) is 6.26 Å². The predicted molar refractivity (Wildman–Crippen MR) is 114 cm³/mol. The quantitative estimate of drug-likeness (QED) is 0.630. The number of hydrogen-bond acceptors (Lipinski definition) is 6. The average Bonchev–Trinajstić information content (AvgIpc) is 3.15. The van der Waals surface area contributed by atoms with Crippen molar-refractivity contribution in [3.05, 3.63) is 36.3 Å². The van der Waals surface area contributed by atoms with E-state index in [0.29, 0.717) is 31.3 Å². The third kappa shape index (κ3) is 3.65. The van der Waals surface area contributed by atoms with E-state index in [2.05, 4.69) is 21.8 Å². The maximum Gasteiger partial charge on any atom is 0.222 e. The highest BCUT2D eigenvalue weighted by Gasteiger charge is 2.45. The highest BCUT2D eigenvalue weighted by Crippen LogP contribution is 2.35. The van der Waals surface area contributed by atoms with Crippen molar-refractivity contribution in [3.8, 4) is 11.4 Å². The highest BCUT2D eigenvalue weighted by atomic mass is 32.3. The summed E-state index contributed by atoms with van der Waals surface area (Å²) in [6.07, 6.45) is 3.00. The van der Waals surface area contributed by atoms with Gasteiger partial charge >= 0.3 is 0 Å². The zero-order valence-corrected chi connectivity index (χ0v) is 17.9. The lowest BCUT2D eigenvalue weighted by atomic mass is 10.1. The molecule has 0 aliphatic carbocycles. The number of ether oxygens (including phenoxy) is 1. The van der Waals surface area contributed by atoms with E-state index in [4.69, 9.17) is 14.7 Å². The molecule has 1 aliphatic heterocycles. The number of anilines is 1. The summed E-state index contributed by atoms with van der Waals surface area (Å²) in [5.41, 5.74) is 3.11. The maximum absolute atomic E-state index is 12.6. The molecule has 2 aromatic heterocycles. The predicted octanol–water partition coefficient (Wildman–Crippen LogP) is 3.08. The molecule has 0 spiro atoms. The molecule has 1 fully saturated rings. The van der Waals surface area contributed by atoms with Crippen LogP contribution in [-0.2, 0) is 23.9 Å². The standard InChI is InChI=1S/C20H25N5O3S/c1-13-11-28-8-7-25(13)18-10-17(20(2,3)29(4,26)27)23-19(24-18)14-5-6-15-16(9-14)22-12-21-15/h5-6,9-10,12-13H,7-8,11H2,1-4H3,(H-,21,22,26,27)/p+1/t13-/m0/s1. The van der Waals surface area contributed by atoms with Crippen LogP contribution in [0.4, 0.5) is 5.82 Å². The maximum atomic E-state index is 12.6. The van der Waals surface area contributed by atoms with Crippen LogP contribution in [0.5, 0.6) is 0 Å². The molecule has 0 bridgehead atoms. The second-order valence-electron chi connectivity index (χ2n) is 8.00. The zero-order chi connectivity index (χ0) is 20.8. The van der Waals surface area contributed by atoms with Gasteiger partial charge in [0.1, 0.15) is 17.8 Å². The molecular formula is C20H26N5O3S+. The molecule has 0 saturated carbocycles. The van der Waals surface area contributed by atoms with Crippen molar-refractivity contribution in [2.45, 2.75) is 31.6 Å². The van der Waals surface area contributed by atoms with Crippen molar-refractivity contribution in [1.82, 2.24) is 19.9 Å². The van der Waals surface area contributed by atoms with Crippen LogP contribution < -0.4 is 4.90 Å². The van der Waals surface area contributed by atoms with Crippen molar-refractivity contribution in [1.29, 1.82) is 0 Å². The molecule has 8 nitrogen and oxygen atoms in total. The molecule has 3 aromatic rings. The van der Waals surface area contributed by atoms with Gasteiger partial charge in [0.2, 0.25) is 10.2 Å². The number of fused-ring (bicyclic) bond motifs is 1. The Kier molecular flexibility index (Phi) is 4.92. The van der Waals surface area contributed by atoms with Crippen molar-refractivity contribution in [3.63, 3.8) is 0 Å². The largest absolute Gasteiger partial charge is 0.377 e. The second-order valence-corrected chi connectivity index (χ2v) is 10.6. The molecular weight excluding hydrogens is 390 g/mol. The normalized spacial score (nSPS) is 20.0. The summed E-state index contributed by atoms with van der Waals surface area (Å²) in [6, 6.07) is 7.76. The number of nitrogens with one attached hydrogen (secondary N) is 1. The Morgan fingerprint density at radius 1 is 1.31 bits per heavy atom. The molecule has 1 saturated heterocycles. The number of morpholine rings is 1. The molecule has 9 heteroatoms. The third-order valence-corrected chi connectivity index (χ3v) is 7.72. The summed E-state index contributed by atoms with van der Waals surface area (Å²) >= 11 is 0. The Morgan fingerprint density at radius 2 is 2.10 bits per heavy atom. The van der Waals surface area contributed by atoms with Crippen LogP contribution in [0, 0.1) is 0 Å². The lowest BCUT2D eigenvalue weighted by molar-refractivity contribution is 0.0985. The third-order valence-electron chi connectivity index (χ3n) is 5.62. The van der Waals surface area contributed by atoms with Gasteiger partial charge in [-0.15, -0.1) is 0 Å². The number of hydrogen-bond donors (Lipinski definition) is 2. The van der Waals surface area contributed by atoms with E-state index < -0.39 is 15.0 Å². The second kappa shape index (κ2) is 7.16. The topological polar surface area (TPSA) is 104 Å². The molecule has 1 aliphatic rings. The summed E-state index contributed by atoms with van der Waals surface area (Å²) in [6.45, 7) is 7.50. The zero-order valence-electron chi connectivity index (χ0n) is 17.0. The average molecular weight is 417 g/mol. The summed E-state index contributed by atoms with van der Waals surface area (Å²) in [5, 5.41) is 0. The fourth-order valence-corrected chi connectivity index (χ4v) is 3.85. The molecule has 154 valence electrons. The van der Waals surface area contributed by atoms with Crippen molar-refractivity contribution >= 4 is 27.1 Å². The first kappa shape index (κ1) is 19.9. The molecule has 3 heterocycles. The minimum absolute atomic E-state index is 0.151. The van der Waals surface area contributed by atoms with Gasteiger partial charge in [0.15, 0.2) is 10.6 Å². The lowest BCUT2D eigenvalue weighted by Gasteiger charge is -2.35. The van der Waals surface area contributed by atoms with Gasteiger partial charge in [-0.3, -0.25) is 0 Å². The van der Waals surface area contributed by atoms with Crippen LogP contribution in [0.15, 0.2) is 30.6 Å². The Labute approximate surface area is 171 Å². The van der Waals surface area contributed by atoms with E-state index in [1.54, 1.807) is 20.2 Å². The summed E-state index contributed by atoms with van der Waals surface area (Å²) < 4.78 is 27.5. The number of rotatable bonds is 4. The van der Waals surface area contributed by atoms with Gasteiger partial charge in [0, 0.05) is 18.2 Å². The Balaban J connectivity index is 1.88. The van der Waals surface area contributed by atoms with Crippen LogP contribution >= 0.6 is 0 Å². The molecule has 0 amide bonds. The SMILES string of the molecule is C[C@H]1COCCN1c1cc(C(C)(C)[S+](C)(=O)O)nc(-c2ccc3nc[nH]c3c2)n1. The number of imidazole rings is 1. The lowest BCUT2D eigenvalue weighted by Crippen LogP contribution is -2.44. The minimum Gasteiger partial charge on any atom is -0.377 e. The number of benzene rings is 1. The van der Waals surface area contributed by atoms with Gasteiger partial charge in [-0.25, -0.2) is 15.0 Å². The van der Waals surface area contributed by atoms with E-state index in [-0.39, 0.29) is 6.04 Å². The van der Waals surface area contributed by atoms with E-state index in [1.807, 2.05) is 24.3 Å².